The monoisotopic (exact) mass is 447 g/mol. The van der Waals surface area contributed by atoms with Gasteiger partial charge in [-0.3, -0.25) is 14.4 Å². The van der Waals surface area contributed by atoms with Crippen molar-refractivity contribution in [1.82, 2.24) is 14.8 Å². The summed E-state index contributed by atoms with van der Waals surface area (Å²) in [7, 11) is 0. The van der Waals surface area contributed by atoms with Crippen LogP contribution < -0.4 is 5.56 Å². The van der Waals surface area contributed by atoms with E-state index in [4.69, 9.17) is 0 Å². The van der Waals surface area contributed by atoms with E-state index < -0.39 is 5.92 Å². The van der Waals surface area contributed by atoms with Crippen molar-refractivity contribution < 1.29 is 14.0 Å². The van der Waals surface area contributed by atoms with Gasteiger partial charge >= 0.3 is 0 Å². The highest BCUT2D eigenvalue weighted by molar-refractivity contribution is 5.94. The second-order valence-electron chi connectivity index (χ2n) is 8.19. The summed E-state index contributed by atoms with van der Waals surface area (Å²) in [6.45, 7) is 3.69. The van der Waals surface area contributed by atoms with Crippen LogP contribution in [-0.4, -0.2) is 52.8 Å². The molecule has 0 radical (unpaired) electrons. The lowest BCUT2D eigenvalue weighted by molar-refractivity contribution is -0.134. The molecule has 2 amide bonds. The molecule has 4 rings (SSSR count). The van der Waals surface area contributed by atoms with Gasteiger partial charge in [0.05, 0.1) is 11.5 Å². The third-order valence-corrected chi connectivity index (χ3v) is 6.06. The van der Waals surface area contributed by atoms with Gasteiger partial charge in [0.25, 0.3) is 5.91 Å². The zero-order chi connectivity index (χ0) is 23.4. The van der Waals surface area contributed by atoms with Crippen LogP contribution in [0.3, 0.4) is 0 Å². The van der Waals surface area contributed by atoms with E-state index >= 15 is 0 Å². The van der Waals surface area contributed by atoms with E-state index in [0.29, 0.717) is 43.7 Å². The van der Waals surface area contributed by atoms with Crippen molar-refractivity contribution >= 4 is 11.8 Å². The van der Waals surface area contributed by atoms with Gasteiger partial charge in [-0.2, -0.15) is 0 Å². The van der Waals surface area contributed by atoms with Gasteiger partial charge in [-0.05, 0) is 36.6 Å². The molecule has 1 aliphatic rings. The average Bonchev–Trinajstić information content (AvgIpc) is 2.99. The molecule has 3 aromatic rings. The van der Waals surface area contributed by atoms with Gasteiger partial charge in [0.1, 0.15) is 5.82 Å². The minimum absolute atomic E-state index is 0.0208. The number of carbonyl (C=O) groups excluding carboxylic acids is 2. The lowest BCUT2D eigenvalue weighted by Gasteiger charge is -2.23. The van der Waals surface area contributed by atoms with E-state index in [1.807, 2.05) is 31.2 Å². The lowest BCUT2D eigenvalue weighted by atomic mass is 9.95. The number of rotatable bonds is 5. The summed E-state index contributed by atoms with van der Waals surface area (Å²) in [6.07, 6.45) is 1.88. The lowest BCUT2D eigenvalue weighted by Crippen LogP contribution is -2.38. The van der Waals surface area contributed by atoms with Crippen LogP contribution in [-0.2, 0) is 11.2 Å². The number of amides is 2. The zero-order valence-corrected chi connectivity index (χ0v) is 18.5. The largest absolute Gasteiger partial charge is 0.341 e. The molecule has 0 aliphatic carbocycles. The van der Waals surface area contributed by atoms with Gasteiger partial charge in [0, 0.05) is 44.0 Å². The minimum atomic E-state index is -0.390. The summed E-state index contributed by atoms with van der Waals surface area (Å²) >= 11 is 0. The van der Waals surface area contributed by atoms with Crippen molar-refractivity contribution in [2.45, 2.75) is 13.3 Å². The summed E-state index contributed by atoms with van der Waals surface area (Å²) < 4.78 is 14.1. The maximum absolute atomic E-state index is 14.1. The number of halogens is 1. The molecule has 1 N–H and O–H groups in total. The van der Waals surface area contributed by atoms with Crippen molar-refractivity contribution in [2.75, 3.05) is 26.2 Å². The van der Waals surface area contributed by atoms with Gasteiger partial charge in [-0.25, -0.2) is 4.39 Å². The summed E-state index contributed by atoms with van der Waals surface area (Å²) in [5.74, 6) is -0.859. The smallest absolute Gasteiger partial charge is 0.255 e. The standard InChI is InChI=1S/C26H26FN3O3/c1-2-29-13-14-30(25(32)20-11-12-24(31)28-16-20)17-21(26(29)33)15-18-7-9-19(10-8-18)22-5-3-4-6-23(22)27/h3-12,16,21H,2,13-15,17H2,1H3,(H,28,31). The van der Waals surface area contributed by atoms with E-state index in [1.165, 1.54) is 24.4 Å². The highest BCUT2D eigenvalue weighted by Gasteiger charge is 2.32. The van der Waals surface area contributed by atoms with Crippen LogP contribution in [0.15, 0.2) is 71.7 Å². The maximum atomic E-state index is 14.1. The Labute approximate surface area is 191 Å². The van der Waals surface area contributed by atoms with Crippen LogP contribution in [0.5, 0.6) is 0 Å². The Morgan fingerprint density at radius 1 is 1.03 bits per heavy atom. The molecule has 1 atom stereocenters. The third kappa shape index (κ3) is 5.03. The van der Waals surface area contributed by atoms with Crippen LogP contribution in [0, 0.1) is 11.7 Å². The number of benzene rings is 2. The fourth-order valence-electron chi connectivity index (χ4n) is 4.22. The first-order valence-corrected chi connectivity index (χ1v) is 11.1. The average molecular weight is 448 g/mol. The molecule has 1 fully saturated rings. The van der Waals surface area contributed by atoms with Crippen LogP contribution in [0.25, 0.3) is 11.1 Å². The molecule has 1 aliphatic heterocycles. The Morgan fingerprint density at radius 3 is 2.45 bits per heavy atom. The Balaban J connectivity index is 1.54. The Kier molecular flexibility index (Phi) is 6.68. The summed E-state index contributed by atoms with van der Waals surface area (Å²) in [5.41, 5.74) is 2.37. The number of hydrogen-bond donors (Lipinski definition) is 1. The molecule has 33 heavy (non-hydrogen) atoms. The molecule has 1 saturated heterocycles. The second-order valence-corrected chi connectivity index (χ2v) is 8.19. The van der Waals surface area contributed by atoms with E-state index in [2.05, 4.69) is 4.98 Å². The first-order valence-electron chi connectivity index (χ1n) is 11.1. The number of hydrogen-bond acceptors (Lipinski definition) is 3. The molecule has 2 aromatic carbocycles. The molecule has 1 unspecified atom stereocenters. The van der Waals surface area contributed by atoms with Gasteiger partial charge < -0.3 is 14.8 Å². The topological polar surface area (TPSA) is 73.5 Å². The number of carbonyl (C=O) groups is 2. The highest BCUT2D eigenvalue weighted by atomic mass is 19.1. The van der Waals surface area contributed by atoms with Crippen LogP contribution in [0.1, 0.15) is 22.8 Å². The summed E-state index contributed by atoms with van der Waals surface area (Å²) in [6, 6.07) is 17.0. The summed E-state index contributed by atoms with van der Waals surface area (Å²) in [4.78, 5) is 43.5. The van der Waals surface area contributed by atoms with E-state index in [-0.39, 0.29) is 23.2 Å². The van der Waals surface area contributed by atoms with E-state index in [1.54, 1.807) is 28.0 Å². The van der Waals surface area contributed by atoms with Crippen molar-refractivity contribution in [1.29, 1.82) is 0 Å². The van der Waals surface area contributed by atoms with Crippen LogP contribution in [0.2, 0.25) is 0 Å². The van der Waals surface area contributed by atoms with Crippen molar-refractivity contribution in [3.63, 3.8) is 0 Å². The number of likely N-dealkylation sites (N-methyl/N-ethyl adjacent to an activating group) is 1. The molecule has 2 heterocycles. The van der Waals surface area contributed by atoms with E-state index in [9.17, 15) is 18.8 Å². The number of nitrogens with one attached hydrogen (secondary N) is 1. The molecule has 7 heteroatoms. The normalized spacial score (nSPS) is 16.5. The quantitative estimate of drug-likeness (QED) is 0.652. The molecule has 1 aromatic heterocycles. The first-order chi connectivity index (χ1) is 16.0. The van der Waals surface area contributed by atoms with Crippen LogP contribution in [0.4, 0.5) is 4.39 Å². The predicted molar refractivity (Wildman–Crippen MR) is 124 cm³/mol. The molecule has 0 spiro atoms. The molecular weight excluding hydrogens is 421 g/mol. The van der Waals surface area contributed by atoms with Crippen molar-refractivity contribution in [2.24, 2.45) is 5.92 Å². The minimum Gasteiger partial charge on any atom is -0.341 e. The number of nitrogens with zero attached hydrogens (tertiary/aromatic N) is 2. The van der Waals surface area contributed by atoms with Gasteiger partial charge in [0.15, 0.2) is 0 Å². The maximum Gasteiger partial charge on any atom is 0.255 e. The number of pyridine rings is 1. The van der Waals surface area contributed by atoms with Gasteiger partial charge in [-0.15, -0.1) is 0 Å². The molecular formula is C26H26FN3O3. The fraction of sp³-hybridized carbons (Fsp3) is 0.269. The molecule has 0 bridgehead atoms. The number of aromatic nitrogens is 1. The van der Waals surface area contributed by atoms with Gasteiger partial charge in [0.2, 0.25) is 11.5 Å². The Hall–Kier alpha value is -3.74. The fourth-order valence-corrected chi connectivity index (χ4v) is 4.22. The van der Waals surface area contributed by atoms with Gasteiger partial charge in [-0.1, -0.05) is 42.5 Å². The van der Waals surface area contributed by atoms with Crippen LogP contribution >= 0.6 is 0 Å². The zero-order valence-electron chi connectivity index (χ0n) is 18.5. The number of H-pyrrole nitrogens is 1. The molecule has 170 valence electrons. The predicted octanol–water partition coefficient (Wildman–Crippen LogP) is 3.34. The second kappa shape index (κ2) is 9.81. The molecule has 6 nitrogen and oxygen atoms in total. The Bertz CT molecular complexity index is 1190. The number of aromatic amines is 1. The first kappa shape index (κ1) is 22.5. The molecule has 0 saturated carbocycles. The third-order valence-electron chi connectivity index (χ3n) is 6.06. The van der Waals surface area contributed by atoms with E-state index in [0.717, 1.165) is 11.1 Å². The Morgan fingerprint density at radius 2 is 1.79 bits per heavy atom. The van der Waals surface area contributed by atoms with Crippen molar-refractivity contribution in [3.05, 3.63) is 94.2 Å². The summed E-state index contributed by atoms with van der Waals surface area (Å²) in [5, 5.41) is 0. The highest BCUT2D eigenvalue weighted by Crippen LogP contribution is 2.24. The van der Waals surface area contributed by atoms with Crippen molar-refractivity contribution in [3.8, 4) is 11.1 Å². The SMILES string of the molecule is CCN1CCN(C(=O)c2ccc(=O)[nH]c2)CC(Cc2ccc(-c3ccccc3F)cc2)C1=O.